The summed E-state index contributed by atoms with van der Waals surface area (Å²) < 4.78 is 22.4. The van der Waals surface area contributed by atoms with E-state index in [0.29, 0.717) is 35.5 Å². The Kier molecular flexibility index (Phi) is 14.3. The zero-order valence-electron chi connectivity index (χ0n) is 51.4. The molecule has 0 radical (unpaired) electrons. The molecular formula is C82H80O4. The van der Waals surface area contributed by atoms with Crippen molar-refractivity contribution in [3.05, 3.63) is 291 Å². The fourth-order valence-electron chi connectivity index (χ4n) is 16.7. The standard InChI is InChI=1S/C82H80O4/c1-50-42-62(57-24-32-67(84-7)33-25-57)26-36-72(50)64-28-37-73-76-45-53(4)75(61-20-10-54(11-21-61)55-22-30-66(83-6)31-23-55)48-80(76)82(78(73)47-64)79-46-63(56-12-16-59(17-13-56)70-39-34-68(85-8)43-51(70)2)27-38-74(79)77-41-29-65(49-81(77,82)5)58-14-18-60(19-15-58)71-40-35-69(86-9)44-52(71)3/h10-14,16-25,27-35,37-44,46-53,58,70-72,77H,15,26,36,45H2,1-9H3. The van der Waals surface area contributed by atoms with Crippen LogP contribution in [0, 0.1) is 40.9 Å². The van der Waals surface area contributed by atoms with Crippen molar-refractivity contribution in [2.75, 3.05) is 28.4 Å². The molecular weight excluding hydrogens is 1050 g/mol. The first-order chi connectivity index (χ1) is 41.9. The SMILES string of the molecule is COC1=CC(C)C(C2=CCC(C3=CC4(C)C(C=C3)c3ccc(-c5ccc(C6C=CC(OC)=CC6C)cc5)cc3C43C4=C(CC(C)C(c5ccc(-c6ccc(OC)cc6)cc5)=C4)c4ccc(C5CCC(c6ccc(OC)cc6)=CC5C)cc43)C=C2)C=C1. The topological polar surface area (TPSA) is 36.9 Å². The Hall–Kier alpha value is -8.34. The fourth-order valence-corrected chi connectivity index (χ4v) is 16.7. The van der Waals surface area contributed by atoms with Gasteiger partial charge in [0, 0.05) is 29.1 Å². The predicted molar refractivity (Wildman–Crippen MR) is 355 cm³/mol. The van der Waals surface area contributed by atoms with Gasteiger partial charge in [-0.2, -0.15) is 0 Å². The lowest BCUT2D eigenvalue weighted by atomic mass is 9.54. The molecule has 0 aliphatic heterocycles. The van der Waals surface area contributed by atoms with Crippen molar-refractivity contribution in [1.82, 2.24) is 0 Å². The highest BCUT2D eigenvalue weighted by molar-refractivity contribution is 5.94. The second-order valence-electron chi connectivity index (χ2n) is 26.0. The van der Waals surface area contributed by atoms with Crippen LogP contribution in [0.3, 0.4) is 0 Å². The highest BCUT2D eigenvalue weighted by Crippen LogP contribution is 2.73. The van der Waals surface area contributed by atoms with Crippen molar-refractivity contribution in [2.45, 2.75) is 83.5 Å². The van der Waals surface area contributed by atoms with Gasteiger partial charge in [-0.3, -0.25) is 0 Å². The first-order valence-electron chi connectivity index (χ1n) is 31.5. The molecule has 86 heavy (non-hydrogen) atoms. The number of fused-ring (bicyclic) bond motifs is 9. The van der Waals surface area contributed by atoms with Crippen LogP contribution in [0.25, 0.3) is 39.0 Å². The Bertz CT molecular complexity index is 4010. The Morgan fingerprint density at radius 3 is 1.72 bits per heavy atom. The normalized spacial score (nSPS) is 28.5. The Balaban J connectivity index is 0.932. The van der Waals surface area contributed by atoms with E-state index in [-0.39, 0.29) is 23.2 Å². The molecule has 0 amide bonds. The second-order valence-corrected chi connectivity index (χ2v) is 26.0. The Labute approximate surface area is 510 Å². The molecule has 0 saturated carbocycles. The van der Waals surface area contributed by atoms with Gasteiger partial charge in [0.2, 0.25) is 0 Å². The highest BCUT2D eigenvalue weighted by Gasteiger charge is 2.65. The van der Waals surface area contributed by atoms with Gasteiger partial charge in [0.25, 0.3) is 0 Å². The number of allylic oxidation sites excluding steroid dienone is 20. The summed E-state index contributed by atoms with van der Waals surface area (Å²) in [5, 5.41) is 0. The summed E-state index contributed by atoms with van der Waals surface area (Å²) >= 11 is 0. The molecule has 1 spiro atoms. The minimum Gasteiger partial charge on any atom is -0.497 e. The van der Waals surface area contributed by atoms with E-state index in [0.717, 1.165) is 48.7 Å². The van der Waals surface area contributed by atoms with Gasteiger partial charge in [0.05, 0.1) is 33.9 Å². The van der Waals surface area contributed by atoms with E-state index in [1.807, 2.05) is 0 Å². The zero-order valence-corrected chi connectivity index (χ0v) is 51.4. The fraction of sp³-hybridized carbons (Fsp3) is 0.293. The Morgan fingerprint density at radius 2 is 1.09 bits per heavy atom. The lowest BCUT2D eigenvalue weighted by Crippen LogP contribution is -2.43. The van der Waals surface area contributed by atoms with E-state index in [1.54, 1.807) is 28.4 Å². The van der Waals surface area contributed by atoms with Crippen LogP contribution in [-0.4, -0.2) is 28.4 Å². The highest BCUT2D eigenvalue weighted by atomic mass is 16.5. The summed E-state index contributed by atoms with van der Waals surface area (Å²) in [6.07, 6.45) is 38.1. The van der Waals surface area contributed by atoms with E-state index in [2.05, 4.69) is 253 Å². The van der Waals surface area contributed by atoms with Gasteiger partial charge in [-0.15, -0.1) is 0 Å². The number of methoxy groups -OCH3 is 4. The Morgan fingerprint density at radius 1 is 0.500 bits per heavy atom. The molecule has 4 heteroatoms. The lowest BCUT2D eigenvalue weighted by molar-refractivity contribution is 0.287. The molecule has 4 nitrogen and oxygen atoms in total. The number of rotatable bonds is 12. The first-order valence-corrected chi connectivity index (χ1v) is 31.5. The molecule has 0 bridgehead atoms. The number of hydrogen-bond acceptors (Lipinski definition) is 4. The minimum absolute atomic E-state index is 0.142. The van der Waals surface area contributed by atoms with Crippen molar-refractivity contribution >= 4 is 16.7 Å². The third-order valence-corrected chi connectivity index (χ3v) is 21.4. The van der Waals surface area contributed by atoms with Crippen LogP contribution >= 0.6 is 0 Å². The van der Waals surface area contributed by atoms with Crippen LogP contribution in [0.15, 0.2) is 247 Å². The summed E-state index contributed by atoms with van der Waals surface area (Å²) in [6.45, 7) is 12.2. The summed E-state index contributed by atoms with van der Waals surface area (Å²) in [6, 6.07) is 51.3. The van der Waals surface area contributed by atoms with Crippen LogP contribution in [-0.2, 0) is 14.9 Å². The third-order valence-electron chi connectivity index (χ3n) is 21.4. The maximum Gasteiger partial charge on any atom is 0.118 e. The summed E-state index contributed by atoms with van der Waals surface area (Å²) in [7, 11) is 7.00. The molecule has 432 valence electrons. The van der Waals surface area contributed by atoms with Crippen molar-refractivity contribution in [1.29, 1.82) is 0 Å². The number of ether oxygens (including phenoxy) is 4. The smallest absolute Gasteiger partial charge is 0.118 e. The molecule has 0 saturated heterocycles. The molecule has 6 aromatic rings. The maximum absolute atomic E-state index is 5.64. The van der Waals surface area contributed by atoms with Crippen molar-refractivity contribution in [3.8, 4) is 33.8 Å². The average molecular weight is 1130 g/mol. The second kappa shape index (κ2) is 22.2. The van der Waals surface area contributed by atoms with Gasteiger partial charge in [0.15, 0.2) is 0 Å². The van der Waals surface area contributed by atoms with Gasteiger partial charge in [-0.25, -0.2) is 0 Å². The van der Waals surface area contributed by atoms with E-state index >= 15 is 0 Å². The average Bonchev–Trinajstić information content (AvgIpc) is 1.49. The van der Waals surface area contributed by atoms with Crippen molar-refractivity contribution < 1.29 is 18.9 Å². The van der Waals surface area contributed by atoms with Gasteiger partial charge in [0.1, 0.15) is 23.0 Å². The van der Waals surface area contributed by atoms with Gasteiger partial charge >= 0.3 is 0 Å². The molecule has 8 aliphatic carbocycles. The van der Waals surface area contributed by atoms with Crippen LogP contribution in [0.4, 0.5) is 0 Å². The van der Waals surface area contributed by atoms with E-state index < -0.39 is 5.41 Å². The zero-order chi connectivity index (χ0) is 59.0. The molecule has 6 aromatic carbocycles. The molecule has 14 rings (SSSR count). The first kappa shape index (κ1) is 55.5. The summed E-state index contributed by atoms with van der Waals surface area (Å²) in [4.78, 5) is 0. The van der Waals surface area contributed by atoms with Crippen molar-refractivity contribution in [2.24, 2.45) is 40.9 Å². The molecule has 11 atom stereocenters. The van der Waals surface area contributed by atoms with Crippen LogP contribution < -0.4 is 9.47 Å². The molecule has 0 fully saturated rings. The molecule has 0 aromatic heterocycles. The summed E-state index contributed by atoms with van der Waals surface area (Å²) in [5.74, 6) is 6.39. The van der Waals surface area contributed by atoms with E-state index in [4.69, 9.17) is 18.9 Å². The maximum atomic E-state index is 5.64. The van der Waals surface area contributed by atoms with Crippen molar-refractivity contribution in [3.63, 3.8) is 0 Å². The van der Waals surface area contributed by atoms with E-state index in [1.165, 1.54) is 100 Å². The quantitative estimate of drug-likeness (QED) is 0.122. The minimum atomic E-state index is -0.517. The van der Waals surface area contributed by atoms with Crippen LogP contribution in [0.1, 0.15) is 123 Å². The molecule has 8 aliphatic rings. The van der Waals surface area contributed by atoms with Gasteiger partial charge in [-0.05, 0) is 210 Å². The van der Waals surface area contributed by atoms with Gasteiger partial charge in [-0.1, -0.05) is 199 Å². The predicted octanol–water partition coefficient (Wildman–Crippen LogP) is 20.1. The molecule has 0 N–H and O–H groups in total. The summed E-state index contributed by atoms with van der Waals surface area (Å²) in [5.41, 5.74) is 23.8. The van der Waals surface area contributed by atoms with E-state index in [9.17, 15) is 0 Å². The van der Waals surface area contributed by atoms with Crippen LogP contribution in [0.5, 0.6) is 11.5 Å². The van der Waals surface area contributed by atoms with Crippen LogP contribution in [0.2, 0.25) is 0 Å². The molecule has 11 unspecified atom stereocenters. The monoisotopic (exact) mass is 1130 g/mol. The largest absolute Gasteiger partial charge is 0.497 e. The lowest BCUT2D eigenvalue weighted by Gasteiger charge is -2.48. The van der Waals surface area contributed by atoms with Gasteiger partial charge < -0.3 is 18.9 Å². The third kappa shape index (κ3) is 9.24. The number of benzene rings is 6. The number of hydrogen-bond donors (Lipinski definition) is 0. The molecule has 0 heterocycles.